The van der Waals surface area contributed by atoms with Crippen molar-refractivity contribution in [3.8, 4) is 18.2 Å². The number of fused-ring (bicyclic) bond motifs is 1. The monoisotopic (exact) mass is 389 g/mol. The molecule has 6 heteroatoms. The number of hydrogen-bond donors (Lipinski definition) is 1. The molecule has 0 bridgehead atoms. The number of allylic oxidation sites excluding steroid dienone is 2. The first-order valence-electron chi connectivity index (χ1n) is 9.24. The molecule has 0 amide bonds. The van der Waals surface area contributed by atoms with E-state index < -0.39 is 11.3 Å². The number of nitriles is 3. The Hall–Kier alpha value is -2.72. The van der Waals surface area contributed by atoms with Gasteiger partial charge in [-0.15, -0.1) is 11.8 Å². The van der Waals surface area contributed by atoms with E-state index in [0.717, 1.165) is 22.6 Å². The Morgan fingerprint density at radius 3 is 2.32 bits per heavy atom. The topological polar surface area (TPSA) is 101 Å². The summed E-state index contributed by atoms with van der Waals surface area (Å²) in [6.07, 6.45) is 4.05. The summed E-state index contributed by atoms with van der Waals surface area (Å²) in [6.45, 7) is 5.66. The van der Waals surface area contributed by atoms with Crippen LogP contribution in [-0.4, -0.2) is 30.3 Å². The minimum atomic E-state index is -1.56. The van der Waals surface area contributed by atoms with E-state index in [1.165, 1.54) is 0 Å². The highest BCUT2D eigenvalue weighted by molar-refractivity contribution is 7.98. The summed E-state index contributed by atoms with van der Waals surface area (Å²) in [5.74, 6) is -0.569. The van der Waals surface area contributed by atoms with Crippen molar-refractivity contribution in [1.82, 2.24) is 4.90 Å². The molecule has 0 fully saturated rings. The van der Waals surface area contributed by atoms with Gasteiger partial charge in [-0.25, -0.2) is 0 Å². The highest BCUT2D eigenvalue weighted by Gasteiger charge is 2.54. The maximum absolute atomic E-state index is 10.1. The van der Waals surface area contributed by atoms with Crippen molar-refractivity contribution >= 4 is 11.8 Å². The van der Waals surface area contributed by atoms with Gasteiger partial charge >= 0.3 is 0 Å². The standard InChI is InChI=1S/C22H23N5S/c1-14(2)27-9-8-17-18(10-23)21(26)22(12-24,13-25)20(19(17)11-27)15-4-6-16(28-3)7-5-15/h4-8,14,19-20H,9,11,26H2,1-3H3/t19-,20+/m0/s1. The van der Waals surface area contributed by atoms with Gasteiger partial charge in [0.25, 0.3) is 0 Å². The molecule has 0 aromatic heterocycles. The van der Waals surface area contributed by atoms with Crippen LogP contribution in [0.4, 0.5) is 0 Å². The molecule has 2 aliphatic rings. The predicted molar refractivity (Wildman–Crippen MR) is 110 cm³/mol. The first-order valence-corrected chi connectivity index (χ1v) is 10.5. The Kier molecular flexibility index (Phi) is 5.52. The second-order valence-corrected chi connectivity index (χ2v) is 8.38. The van der Waals surface area contributed by atoms with Crippen molar-refractivity contribution in [3.63, 3.8) is 0 Å². The van der Waals surface area contributed by atoms with Crippen molar-refractivity contribution in [2.24, 2.45) is 17.1 Å². The second kappa shape index (κ2) is 7.72. The van der Waals surface area contributed by atoms with Gasteiger partial charge < -0.3 is 5.73 Å². The fourth-order valence-electron chi connectivity index (χ4n) is 4.31. The quantitative estimate of drug-likeness (QED) is 0.794. The zero-order valence-corrected chi connectivity index (χ0v) is 17.1. The molecule has 1 aliphatic carbocycles. The van der Waals surface area contributed by atoms with Crippen LogP contribution in [-0.2, 0) is 0 Å². The molecular formula is C22H23N5S. The third kappa shape index (κ3) is 2.98. The van der Waals surface area contributed by atoms with E-state index in [4.69, 9.17) is 5.73 Å². The van der Waals surface area contributed by atoms with Crippen molar-refractivity contribution in [2.45, 2.75) is 30.7 Å². The molecule has 28 heavy (non-hydrogen) atoms. The maximum Gasteiger partial charge on any atom is 0.191 e. The Balaban J connectivity index is 2.26. The number of benzene rings is 1. The van der Waals surface area contributed by atoms with E-state index in [2.05, 4.69) is 37.0 Å². The van der Waals surface area contributed by atoms with Crippen molar-refractivity contribution in [3.05, 3.63) is 52.7 Å². The molecule has 1 aliphatic heterocycles. The smallest absolute Gasteiger partial charge is 0.191 e. The largest absolute Gasteiger partial charge is 0.399 e. The molecule has 0 unspecified atom stereocenters. The van der Waals surface area contributed by atoms with E-state index in [1.807, 2.05) is 36.6 Å². The Bertz CT molecular complexity index is 939. The molecule has 0 saturated carbocycles. The molecule has 0 spiro atoms. The van der Waals surface area contributed by atoms with E-state index >= 15 is 0 Å². The normalized spacial score (nSPS) is 24.0. The van der Waals surface area contributed by atoms with E-state index in [1.54, 1.807) is 11.8 Å². The first kappa shape index (κ1) is 20.0. The summed E-state index contributed by atoms with van der Waals surface area (Å²) in [4.78, 5) is 3.41. The van der Waals surface area contributed by atoms with Crippen molar-refractivity contribution in [1.29, 1.82) is 15.8 Å². The lowest BCUT2D eigenvalue weighted by Crippen LogP contribution is -2.49. The van der Waals surface area contributed by atoms with Crippen LogP contribution in [0.2, 0.25) is 0 Å². The van der Waals surface area contributed by atoms with Gasteiger partial charge in [0.05, 0.1) is 23.4 Å². The number of hydrogen-bond acceptors (Lipinski definition) is 6. The van der Waals surface area contributed by atoms with E-state index in [9.17, 15) is 15.8 Å². The third-order valence-corrected chi connectivity index (χ3v) is 6.64. The molecule has 142 valence electrons. The number of nitrogens with two attached hydrogens (primary N) is 1. The fraction of sp³-hybridized carbons (Fsp3) is 0.409. The van der Waals surface area contributed by atoms with Gasteiger partial charge in [0.1, 0.15) is 6.07 Å². The number of nitrogens with zero attached hydrogens (tertiary/aromatic N) is 4. The van der Waals surface area contributed by atoms with Gasteiger partial charge in [-0.05, 0) is 43.4 Å². The lowest BCUT2D eigenvalue weighted by molar-refractivity contribution is 0.174. The van der Waals surface area contributed by atoms with Crippen molar-refractivity contribution in [2.75, 3.05) is 19.3 Å². The SMILES string of the molecule is CSc1ccc([C@@H]2[C@H]3CN(C(C)C)CC=C3C(C#N)=C(N)C2(C#N)C#N)cc1. The molecule has 2 N–H and O–H groups in total. The maximum atomic E-state index is 10.1. The second-order valence-electron chi connectivity index (χ2n) is 7.50. The summed E-state index contributed by atoms with van der Waals surface area (Å²) in [5.41, 5.74) is 6.93. The van der Waals surface area contributed by atoms with Gasteiger partial charge in [0.15, 0.2) is 5.41 Å². The molecule has 1 heterocycles. The van der Waals surface area contributed by atoms with Gasteiger partial charge in [-0.1, -0.05) is 18.2 Å². The lowest BCUT2D eigenvalue weighted by atomic mass is 9.58. The Labute approximate surface area is 170 Å². The number of thioether (sulfide) groups is 1. The van der Waals surface area contributed by atoms with Crippen LogP contribution in [0.15, 0.2) is 52.1 Å². The summed E-state index contributed by atoms with van der Waals surface area (Å²) < 4.78 is 0. The Morgan fingerprint density at radius 2 is 1.82 bits per heavy atom. The molecule has 5 nitrogen and oxygen atoms in total. The highest BCUT2D eigenvalue weighted by atomic mass is 32.2. The average Bonchev–Trinajstić information content (AvgIpc) is 2.72. The summed E-state index contributed by atoms with van der Waals surface area (Å²) in [6, 6.07) is 14.9. The van der Waals surface area contributed by atoms with Crippen LogP contribution < -0.4 is 5.73 Å². The summed E-state index contributed by atoms with van der Waals surface area (Å²) in [5, 5.41) is 29.9. The molecule has 2 atom stereocenters. The van der Waals surface area contributed by atoms with Gasteiger partial charge in [-0.3, -0.25) is 4.90 Å². The lowest BCUT2D eigenvalue weighted by Gasteiger charge is -2.46. The minimum absolute atomic E-state index is 0.0828. The Morgan fingerprint density at radius 1 is 1.18 bits per heavy atom. The van der Waals surface area contributed by atoms with Crippen LogP contribution in [0.3, 0.4) is 0 Å². The number of rotatable bonds is 3. The highest BCUT2D eigenvalue weighted by Crippen LogP contribution is 2.54. The summed E-state index contributed by atoms with van der Waals surface area (Å²) in [7, 11) is 0. The molecule has 1 aromatic carbocycles. The minimum Gasteiger partial charge on any atom is -0.399 e. The van der Waals surface area contributed by atoms with E-state index in [0.29, 0.717) is 18.2 Å². The van der Waals surface area contributed by atoms with Crippen LogP contribution in [0.5, 0.6) is 0 Å². The molecular weight excluding hydrogens is 366 g/mol. The molecule has 1 aromatic rings. The van der Waals surface area contributed by atoms with Gasteiger partial charge in [0.2, 0.25) is 0 Å². The third-order valence-electron chi connectivity index (χ3n) is 5.90. The van der Waals surface area contributed by atoms with Crippen molar-refractivity contribution < 1.29 is 0 Å². The average molecular weight is 390 g/mol. The van der Waals surface area contributed by atoms with E-state index in [-0.39, 0.29) is 11.6 Å². The molecule has 3 rings (SSSR count). The fourth-order valence-corrected chi connectivity index (χ4v) is 4.72. The predicted octanol–water partition coefficient (Wildman–Crippen LogP) is 3.54. The summed E-state index contributed by atoms with van der Waals surface area (Å²) >= 11 is 1.64. The van der Waals surface area contributed by atoms with Crippen LogP contribution in [0.25, 0.3) is 0 Å². The zero-order chi connectivity index (χ0) is 20.5. The van der Waals surface area contributed by atoms with Gasteiger partial charge in [0, 0.05) is 35.9 Å². The molecule has 0 saturated heterocycles. The molecule has 0 radical (unpaired) electrons. The van der Waals surface area contributed by atoms with Gasteiger partial charge in [-0.2, -0.15) is 15.8 Å². The van der Waals surface area contributed by atoms with Crippen LogP contribution >= 0.6 is 11.8 Å². The van der Waals surface area contributed by atoms with Crippen LogP contribution in [0.1, 0.15) is 25.3 Å². The van der Waals surface area contributed by atoms with Crippen LogP contribution in [0, 0.1) is 45.3 Å². The first-order chi connectivity index (χ1) is 13.4. The zero-order valence-electron chi connectivity index (χ0n) is 16.3.